The number of carbonyl (C=O) groups excluding carboxylic acids is 1. The SMILES string of the molecule is O=C(/C=C/c1nc2ccccc2s1)N1CCN(CC2CCCO2)CC1. The van der Waals surface area contributed by atoms with Crippen molar-refractivity contribution in [3.05, 3.63) is 35.3 Å². The zero-order chi connectivity index (χ0) is 17.1. The normalized spacial score (nSPS) is 22.2. The first-order valence-electron chi connectivity index (χ1n) is 8.94. The Hall–Kier alpha value is -1.76. The van der Waals surface area contributed by atoms with Gasteiger partial charge < -0.3 is 9.64 Å². The van der Waals surface area contributed by atoms with Gasteiger partial charge in [0.25, 0.3) is 0 Å². The molecule has 1 unspecified atom stereocenters. The molecule has 1 amide bonds. The van der Waals surface area contributed by atoms with Gasteiger partial charge in [0, 0.05) is 45.4 Å². The average molecular weight is 357 g/mol. The van der Waals surface area contributed by atoms with E-state index in [1.165, 1.54) is 12.8 Å². The molecule has 1 aromatic carbocycles. The monoisotopic (exact) mass is 357 g/mol. The Morgan fingerprint density at radius 1 is 1.28 bits per heavy atom. The number of nitrogens with zero attached hydrogens (tertiary/aromatic N) is 3. The van der Waals surface area contributed by atoms with Crippen molar-refractivity contribution >= 4 is 33.5 Å². The molecule has 4 rings (SSSR count). The molecule has 5 nitrogen and oxygen atoms in total. The van der Waals surface area contributed by atoms with Crippen LogP contribution in [0.15, 0.2) is 30.3 Å². The Morgan fingerprint density at radius 2 is 2.12 bits per heavy atom. The topological polar surface area (TPSA) is 45.7 Å². The molecule has 2 aliphatic rings. The van der Waals surface area contributed by atoms with Crippen LogP contribution < -0.4 is 0 Å². The van der Waals surface area contributed by atoms with Crippen LogP contribution >= 0.6 is 11.3 Å². The minimum Gasteiger partial charge on any atom is -0.377 e. The molecule has 6 heteroatoms. The van der Waals surface area contributed by atoms with Crippen LogP contribution in [0.25, 0.3) is 16.3 Å². The highest BCUT2D eigenvalue weighted by atomic mass is 32.1. The molecule has 0 radical (unpaired) electrons. The lowest BCUT2D eigenvalue weighted by Crippen LogP contribution is -2.50. The second kappa shape index (κ2) is 7.64. The van der Waals surface area contributed by atoms with Crippen molar-refractivity contribution in [1.82, 2.24) is 14.8 Å². The third-order valence-electron chi connectivity index (χ3n) is 4.85. The number of hydrogen-bond donors (Lipinski definition) is 0. The molecule has 2 aromatic rings. The molecular formula is C19H23N3O2S. The summed E-state index contributed by atoms with van der Waals surface area (Å²) in [7, 11) is 0. The molecule has 0 spiro atoms. The number of benzene rings is 1. The Morgan fingerprint density at radius 3 is 2.88 bits per heavy atom. The first-order valence-corrected chi connectivity index (χ1v) is 9.76. The van der Waals surface area contributed by atoms with Crippen LogP contribution in [0.2, 0.25) is 0 Å². The van der Waals surface area contributed by atoms with Crippen molar-refractivity contribution in [2.24, 2.45) is 0 Å². The van der Waals surface area contributed by atoms with Gasteiger partial charge in [0.05, 0.1) is 16.3 Å². The van der Waals surface area contributed by atoms with Crippen molar-refractivity contribution in [3.63, 3.8) is 0 Å². The molecule has 0 aliphatic carbocycles. The summed E-state index contributed by atoms with van der Waals surface area (Å²) >= 11 is 1.61. The van der Waals surface area contributed by atoms with Crippen LogP contribution in [0.4, 0.5) is 0 Å². The van der Waals surface area contributed by atoms with E-state index in [0.717, 1.165) is 54.6 Å². The van der Waals surface area contributed by atoms with E-state index in [4.69, 9.17) is 4.74 Å². The molecule has 132 valence electrons. The highest BCUT2D eigenvalue weighted by Crippen LogP contribution is 2.22. The number of fused-ring (bicyclic) bond motifs is 1. The molecular weight excluding hydrogens is 334 g/mol. The highest BCUT2D eigenvalue weighted by molar-refractivity contribution is 7.19. The van der Waals surface area contributed by atoms with E-state index < -0.39 is 0 Å². The maximum atomic E-state index is 12.4. The van der Waals surface area contributed by atoms with E-state index in [9.17, 15) is 4.79 Å². The van der Waals surface area contributed by atoms with Crippen molar-refractivity contribution in [1.29, 1.82) is 0 Å². The van der Waals surface area contributed by atoms with E-state index in [0.29, 0.717) is 6.10 Å². The maximum Gasteiger partial charge on any atom is 0.246 e. The van der Waals surface area contributed by atoms with Crippen molar-refractivity contribution in [3.8, 4) is 0 Å². The summed E-state index contributed by atoms with van der Waals surface area (Å²) in [6.45, 7) is 5.34. The predicted octanol–water partition coefficient (Wildman–Crippen LogP) is 2.63. The number of hydrogen-bond acceptors (Lipinski definition) is 5. The molecule has 0 bridgehead atoms. The van der Waals surface area contributed by atoms with Gasteiger partial charge in [0.2, 0.25) is 5.91 Å². The summed E-state index contributed by atoms with van der Waals surface area (Å²) in [5.41, 5.74) is 0.988. The number of amides is 1. The zero-order valence-electron chi connectivity index (χ0n) is 14.3. The van der Waals surface area contributed by atoms with Gasteiger partial charge in [-0.25, -0.2) is 4.98 Å². The summed E-state index contributed by atoms with van der Waals surface area (Å²) in [4.78, 5) is 21.3. The smallest absolute Gasteiger partial charge is 0.246 e. The number of piperazine rings is 1. The average Bonchev–Trinajstić information content (AvgIpc) is 3.29. The van der Waals surface area contributed by atoms with Crippen LogP contribution in [-0.2, 0) is 9.53 Å². The predicted molar refractivity (Wildman–Crippen MR) is 101 cm³/mol. The van der Waals surface area contributed by atoms with Crippen LogP contribution in [0.3, 0.4) is 0 Å². The molecule has 2 saturated heterocycles. The second-order valence-corrected chi connectivity index (χ2v) is 7.68. The number of ether oxygens (including phenoxy) is 1. The molecule has 3 heterocycles. The Labute approximate surface area is 151 Å². The first-order chi connectivity index (χ1) is 12.3. The summed E-state index contributed by atoms with van der Waals surface area (Å²) in [5, 5.41) is 0.881. The lowest BCUT2D eigenvalue weighted by atomic mass is 10.2. The lowest BCUT2D eigenvalue weighted by molar-refractivity contribution is -0.127. The van der Waals surface area contributed by atoms with Crippen LogP contribution in [0, 0.1) is 0 Å². The van der Waals surface area contributed by atoms with E-state index in [1.807, 2.05) is 29.2 Å². The summed E-state index contributed by atoms with van der Waals surface area (Å²) in [6, 6.07) is 8.05. The minimum atomic E-state index is 0.0797. The maximum absolute atomic E-state index is 12.4. The molecule has 0 N–H and O–H groups in total. The van der Waals surface area contributed by atoms with Gasteiger partial charge in [-0.3, -0.25) is 9.69 Å². The number of para-hydroxylation sites is 1. The van der Waals surface area contributed by atoms with E-state index >= 15 is 0 Å². The Kier molecular flexibility index (Phi) is 5.10. The van der Waals surface area contributed by atoms with Crippen molar-refractivity contribution in [2.45, 2.75) is 18.9 Å². The second-order valence-electron chi connectivity index (χ2n) is 6.61. The summed E-state index contributed by atoms with van der Waals surface area (Å²) in [6.07, 6.45) is 6.24. The van der Waals surface area contributed by atoms with Crippen molar-refractivity contribution in [2.75, 3.05) is 39.3 Å². The van der Waals surface area contributed by atoms with Crippen molar-refractivity contribution < 1.29 is 9.53 Å². The third kappa shape index (κ3) is 4.08. The third-order valence-corrected chi connectivity index (χ3v) is 5.85. The van der Waals surface area contributed by atoms with Gasteiger partial charge in [-0.05, 0) is 31.1 Å². The summed E-state index contributed by atoms with van der Waals surface area (Å²) < 4.78 is 6.85. The quantitative estimate of drug-likeness (QED) is 0.789. The van der Waals surface area contributed by atoms with Crippen LogP contribution in [-0.4, -0.2) is 66.1 Å². The molecule has 1 aromatic heterocycles. The number of carbonyl (C=O) groups is 1. The fourth-order valence-electron chi connectivity index (χ4n) is 3.44. The van der Waals surface area contributed by atoms with Gasteiger partial charge in [-0.15, -0.1) is 11.3 Å². The minimum absolute atomic E-state index is 0.0797. The Balaban J connectivity index is 1.29. The van der Waals surface area contributed by atoms with Gasteiger partial charge >= 0.3 is 0 Å². The van der Waals surface area contributed by atoms with Gasteiger partial charge in [0.1, 0.15) is 5.01 Å². The van der Waals surface area contributed by atoms with E-state index in [2.05, 4.69) is 16.0 Å². The lowest BCUT2D eigenvalue weighted by Gasteiger charge is -2.35. The first kappa shape index (κ1) is 16.7. The van der Waals surface area contributed by atoms with E-state index in [1.54, 1.807) is 17.4 Å². The standard InChI is InChI=1S/C19H23N3O2S/c23-19(8-7-18-20-16-5-1-2-6-17(16)25-18)22-11-9-21(10-12-22)14-15-4-3-13-24-15/h1-2,5-8,15H,3-4,9-14H2/b8-7+. The molecule has 2 fully saturated rings. The zero-order valence-corrected chi connectivity index (χ0v) is 15.1. The van der Waals surface area contributed by atoms with Gasteiger partial charge in [-0.2, -0.15) is 0 Å². The van der Waals surface area contributed by atoms with Crippen LogP contribution in [0.5, 0.6) is 0 Å². The molecule has 0 saturated carbocycles. The number of rotatable bonds is 4. The van der Waals surface area contributed by atoms with Crippen LogP contribution in [0.1, 0.15) is 17.8 Å². The largest absolute Gasteiger partial charge is 0.377 e. The van der Waals surface area contributed by atoms with E-state index in [-0.39, 0.29) is 5.91 Å². The molecule has 1 atom stereocenters. The summed E-state index contributed by atoms with van der Waals surface area (Å²) in [5.74, 6) is 0.0797. The fourth-order valence-corrected chi connectivity index (χ4v) is 4.31. The number of thiazole rings is 1. The highest BCUT2D eigenvalue weighted by Gasteiger charge is 2.24. The molecule has 2 aliphatic heterocycles. The molecule has 25 heavy (non-hydrogen) atoms. The van der Waals surface area contributed by atoms with Gasteiger partial charge in [-0.1, -0.05) is 12.1 Å². The van der Waals surface area contributed by atoms with Gasteiger partial charge in [0.15, 0.2) is 0 Å². The Bertz CT molecular complexity index is 726. The fraction of sp³-hybridized carbons (Fsp3) is 0.474. The number of aromatic nitrogens is 1.